The lowest BCUT2D eigenvalue weighted by Crippen LogP contribution is -2.46. The minimum Gasteiger partial charge on any atom is -0.493 e. The summed E-state index contributed by atoms with van der Waals surface area (Å²) in [7, 11) is 3.37. The average molecular weight is 423 g/mol. The van der Waals surface area contributed by atoms with E-state index < -0.39 is 0 Å². The molecule has 2 heterocycles. The highest BCUT2D eigenvalue weighted by Gasteiger charge is 2.32. The SMILES string of the molecule is COc1cc2c(cc1OC)[C@H](c1cccs1)N(C(=S)NCCCSC)CC2. The topological polar surface area (TPSA) is 33.7 Å². The normalized spacial score (nSPS) is 16.0. The van der Waals surface area contributed by atoms with Crippen molar-refractivity contribution in [3.8, 4) is 11.5 Å². The van der Waals surface area contributed by atoms with Crippen LogP contribution in [0.5, 0.6) is 11.5 Å². The van der Waals surface area contributed by atoms with E-state index in [0.717, 1.165) is 48.3 Å². The number of nitrogens with zero attached hydrogens (tertiary/aromatic N) is 1. The van der Waals surface area contributed by atoms with E-state index in [0.29, 0.717) is 0 Å². The second-order valence-corrected chi connectivity index (χ2v) is 8.70. The fraction of sp³-hybridized carbons (Fsp3) is 0.450. The number of nitrogens with one attached hydrogen (secondary N) is 1. The van der Waals surface area contributed by atoms with Crippen LogP contribution < -0.4 is 14.8 Å². The molecule has 1 atom stereocenters. The van der Waals surface area contributed by atoms with Crippen molar-refractivity contribution in [2.45, 2.75) is 18.9 Å². The monoisotopic (exact) mass is 422 g/mol. The van der Waals surface area contributed by atoms with E-state index in [-0.39, 0.29) is 6.04 Å². The molecule has 0 aliphatic carbocycles. The van der Waals surface area contributed by atoms with Gasteiger partial charge < -0.3 is 19.7 Å². The number of benzene rings is 1. The van der Waals surface area contributed by atoms with Gasteiger partial charge in [0.15, 0.2) is 16.6 Å². The molecule has 1 aliphatic rings. The summed E-state index contributed by atoms with van der Waals surface area (Å²) in [6.07, 6.45) is 4.18. The van der Waals surface area contributed by atoms with Gasteiger partial charge in [0.1, 0.15) is 0 Å². The van der Waals surface area contributed by atoms with Crippen LogP contribution in [-0.2, 0) is 6.42 Å². The Morgan fingerprint density at radius 1 is 1.33 bits per heavy atom. The molecule has 2 aromatic rings. The smallest absolute Gasteiger partial charge is 0.169 e. The van der Waals surface area contributed by atoms with Gasteiger partial charge in [0.2, 0.25) is 0 Å². The van der Waals surface area contributed by atoms with E-state index in [2.05, 4.69) is 46.1 Å². The Labute approximate surface area is 175 Å². The predicted octanol–water partition coefficient (Wildman–Crippen LogP) is 4.34. The molecule has 27 heavy (non-hydrogen) atoms. The molecule has 0 radical (unpaired) electrons. The Hall–Kier alpha value is -1.44. The van der Waals surface area contributed by atoms with E-state index in [1.807, 2.05) is 11.8 Å². The predicted molar refractivity (Wildman–Crippen MR) is 120 cm³/mol. The van der Waals surface area contributed by atoms with Crippen molar-refractivity contribution in [3.05, 3.63) is 45.6 Å². The Kier molecular flexibility index (Phi) is 7.26. The zero-order valence-corrected chi connectivity index (χ0v) is 18.4. The van der Waals surface area contributed by atoms with E-state index in [1.165, 1.54) is 16.0 Å². The fourth-order valence-electron chi connectivity index (χ4n) is 3.43. The van der Waals surface area contributed by atoms with E-state index in [4.69, 9.17) is 21.7 Å². The van der Waals surface area contributed by atoms with Gasteiger partial charge in [0.25, 0.3) is 0 Å². The van der Waals surface area contributed by atoms with Gasteiger partial charge in [-0.25, -0.2) is 0 Å². The van der Waals surface area contributed by atoms with Crippen molar-refractivity contribution in [2.75, 3.05) is 39.3 Å². The van der Waals surface area contributed by atoms with Crippen molar-refractivity contribution >= 4 is 40.4 Å². The van der Waals surface area contributed by atoms with Gasteiger partial charge in [-0.05, 0) is 71.8 Å². The van der Waals surface area contributed by atoms with Crippen LogP contribution in [0.3, 0.4) is 0 Å². The standard InChI is InChI=1S/C20H26N2O2S3/c1-23-16-12-14-7-9-22(20(25)21-8-5-10-26-3)19(18-6-4-11-27-18)15(14)13-17(16)24-2/h4,6,11-13,19H,5,7-10H2,1-3H3,(H,21,25)/t19-/m1/s1. The van der Waals surface area contributed by atoms with Crippen molar-refractivity contribution in [2.24, 2.45) is 0 Å². The first-order valence-electron chi connectivity index (χ1n) is 9.01. The lowest BCUT2D eigenvalue weighted by molar-refractivity contribution is 0.327. The minimum absolute atomic E-state index is 0.106. The summed E-state index contributed by atoms with van der Waals surface area (Å²) in [6.45, 7) is 1.80. The third kappa shape index (κ3) is 4.52. The summed E-state index contributed by atoms with van der Waals surface area (Å²) >= 11 is 9.40. The van der Waals surface area contributed by atoms with Crippen LogP contribution in [0, 0.1) is 0 Å². The van der Waals surface area contributed by atoms with Crippen LogP contribution in [0.15, 0.2) is 29.6 Å². The Morgan fingerprint density at radius 3 is 2.78 bits per heavy atom. The molecule has 0 unspecified atom stereocenters. The van der Waals surface area contributed by atoms with Gasteiger partial charge in [-0.3, -0.25) is 0 Å². The molecular weight excluding hydrogens is 396 g/mol. The number of ether oxygens (including phenoxy) is 2. The third-order valence-corrected chi connectivity index (χ3v) is 6.75. The lowest BCUT2D eigenvalue weighted by Gasteiger charge is -2.39. The number of rotatable bonds is 7. The third-order valence-electron chi connectivity index (χ3n) is 4.75. The lowest BCUT2D eigenvalue weighted by atomic mass is 9.91. The van der Waals surface area contributed by atoms with Gasteiger partial charge >= 0.3 is 0 Å². The van der Waals surface area contributed by atoms with Gasteiger partial charge in [0, 0.05) is 18.0 Å². The molecule has 1 aromatic heterocycles. The number of hydrogen-bond donors (Lipinski definition) is 1. The molecule has 0 saturated heterocycles. The summed E-state index contributed by atoms with van der Waals surface area (Å²) in [4.78, 5) is 3.60. The first-order valence-corrected chi connectivity index (χ1v) is 11.7. The molecule has 0 bridgehead atoms. The quantitative estimate of drug-likeness (QED) is 0.528. The van der Waals surface area contributed by atoms with Crippen LogP contribution in [0.1, 0.15) is 28.5 Å². The van der Waals surface area contributed by atoms with Gasteiger partial charge in [-0.2, -0.15) is 11.8 Å². The molecule has 0 spiro atoms. The zero-order valence-electron chi connectivity index (χ0n) is 16.0. The number of thiophene rings is 1. The van der Waals surface area contributed by atoms with E-state index in [9.17, 15) is 0 Å². The van der Waals surface area contributed by atoms with Gasteiger partial charge in [-0.15, -0.1) is 11.3 Å². The largest absolute Gasteiger partial charge is 0.493 e. The summed E-state index contributed by atoms with van der Waals surface area (Å²) in [5.41, 5.74) is 2.54. The fourth-order valence-corrected chi connectivity index (χ4v) is 5.02. The number of methoxy groups -OCH3 is 2. The maximum Gasteiger partial charge on any atom is 0.169 e. The average Bonchev–Trinajstić information content (AvgIpc) is 3.23. The van der Waals surface area contributed by atoms with Crippen LogP contribution in [-0.4, -0.2) is 49.3 Å². The van der Waals surface area contributed by atoms with Gasteiger partial charge in [0.05, 0.1) is 20.3 Å². The second kappa shape index (κ2) is 9.66. The Balaban J connectivity index is 1.92. The molecule has 4 nitrogen and oxygen atoms in total. The van der Waals surface area contributed by atoms with Gasteiger partial charge in [-0.1, -0.05) is 6.07 Å². The zero-order chi connectivity index (χ0) is 19.2. The summed E-state index contributed by atoms with van der Waals surface area (Å²) in [6, 6.07) is 8.61. The maximum absolute atomic E-state index is 5.77. The van der Waals surface area contributed by atoms with Crippen molar-refractivity contribution < 1.29 is 9.47 Å². The molecule has 1 aliphatic heterocycles. The summed E-state index contributed by atoms with van der Waals surface area (Å²) in [5, 5.41) is 6.40. The number of fused-ring (bicyclic) bond motifs is 1. The second-order valence-electron chi connectivity index (χ2n) is 6.35. The van der Waals surface area contributed by atoms with E-state index in [1.54, 1.807) is 25.6 Å². The molecule has 1 aromatic carbocycles. The molecule has 1 N–H and O–H groups in total. The van der Waals surface area contributed by atoms with Crippen LogP contribution in [0.2, 0.25) is 0 Å². The Morgan fingerprint density at radius 2 is 2.11 bits per heavy atom. The molecule has 0 fully saturated rings. The summed E-state index contributed by atoms with van der Waals surface area (Å²) in [5.74, 6) is 2.69. The molecular formula is C20H26N2O2S3. The van der Waals surface area contributed by atoms with Crippen molar-refractivity contribution in [1.29, 1.82) is 0 Å². The highest BCUT2D eigenvalue weighted by molar-refractivity contribution is 7.98. The van der Waals surface area contributed by atoms with E-state index >= 15 is 0 Å². The van der Waals surface area contributed by atoms with Crippen molar-refractivity contribution in [3.63, 3.8) is 0 Å². The summed E-state index contributed by atoms with van der Waals surface area (Å²) < 4.78 is 11.1. The maximum atomic E-state index is 5.77. The minimum atomic E-state index is 0.106. The molecule has 146 valence electrons. The highest BCUT2D eigenvalue weighted by atomic mass is 32.2. The highest BCUT2D eigenvalue weighted by Crippen LogP contribution is 2.42. The molecule has 7 heteroatoms. The van der Waals surface area contributed by atoms with Crippen molar-refractivity contribution in [1.82, 2.24) is 10.2 Å². The van der Waals surface area contributed by atoms with Crippen LogP contribution >= 0.6 is 35.3 Å². The molecule has 0 amide bonds. The molecule has 3 rings (SSSR count). The first kappa shape index (κ1) is 20.3. The number of thiocarbonyl (C=S) groups is 1. The Bertz CT molecular complexity index is 765. The van der Waals surface area contributed by atoms with Crippen LogP contribution in [0.4, 0.5) is 0 Å². The number of hydrogen-bond acceptors (Lipinski definition) is 5. The molecule has 0 saturated carbocycles. The number of thioether (sulfide) groups is 1. The first-order chi connectivity index (χ1) is 13.2. The van der Waals surface area contributed by atoms with Crippen LogP contribution in [0.25, 0.3) is 0 Å².